The van der Waals surface area contributed by atoms with Gasteiger partial charge in [0, 0.05) is 73.5 Å². The SMILES string of the molecule is C=c1ccc2c(c1)Oc1cc(N(C)C)ccc1C=2c1cc(CC(=O)NCCOCCOCCOCCOCCC(=O)NCCCc2cn([C@@H]3O[C@H](COP(=O)(O)O)C(OP(=O)(O)O)C3O)c(=O)nc2N)ccc1C(=O)O. The Balaban J connectivity index is 0.812. The summed E-state index contributed by atoms with van der Waals surface area (Å²) < 4.78 is 66.3. The first-order valence-electron chi connectivity index (χ1n) is 23.8. The van der Waals surface area contributed by atoms with Crippen molar-refractivity contribution in [3.05, 3.63) is 110 Å². The number of phosphoric ester groups is 2. The molecule has 1 saturated heterocycles. The number of fused-ring (bicyclic) bond motifs is 2. The quantitative estimate of drug-likeness (QED) is 0.0217. The molecule has 4 atom stereocenters. The first kappa shape index (κ1) is 59.3. The van der Waals surface area contributed by atoms with Crippen LogP contribution < -0.4 is 42.1 Å². The topological polar surface area (TPSA) is 369 Å². The van der Waals surface area contributed by atoms with Crippen molar-refractivity contribution in [1.29, 1.82) is 0 Å². The molecule has 0 radical (unpaired) electrons. The van der Waals surface area contributed by atoms with Crippen molar-refractivity contribution < 1.29 is 90.8 Å². The minimum Gasteiger partial charge on any atom is -0.478 e. The molecule has 4 aromatic rings. The molecule has 10 N–H and O–H groups in total. The van der Waals surface area contributed by atoms with Gasteiger partial charge in [-0.3, -0.25) is 23.2 Å². The third-order valence-electron chi connectivity index (χ3n) is 11.6. The first-order valence-corrected chi connectivity index (χ1v) is 26.8. The second-order valence-corrected chi connectivity index (χ2v) is 19.9. The minimum absolute atomic E-state index is 0.0103. The molecule has 414 valence electrons. The van der Waals surface area contributed by atoms with Gasteiger partial charge < -0.3 is 79.5 Å². The third kappa shape index (κ3) is 17.3. The molecule has 0 aliphatic carbocycles. The van der Waals surface area contributed by atoms with E-state index in [4.69, 9.17) is 43.9 Å². The van der Waals surface area contributed by atoms with Crippen LogP contribution >= 0.6 is 15.6 Å². The predicted molar refractivity (Wildman–Crippen MR) is 271 cm³/mol. The Kier molecular flexibility index (Phi) is 21.4. The van der Waals surface area contributed by atoms with Crippen molar-refractivity contribution in [2.24, 2.45) is 0 Å². The number of aromatic nitrogens is 2. The van der Waals surface area contributed by atoms with Gasteiger partial charge in [-0.1, -0.05) is 24.8 Å². The zero-order valence-corrected chi connectivity index (χ0v) is 43.4. The van der Waals surface area contributed by atoms with Crippen LogP contribution in [0.25, 0.3) is 12.2 Å². The number of carboxylic acid groups (broad SMARTS) is 1. The van der Waals surface area contributed by atoms with E-state index in [1.54, 1.807) is 12.1 Å². The Bertz CT molecular complexity index is 2970. The number of nitrogens with two attached hydrogens (primary N) is 1. The molecule has 1 aromatic heterocycles. The van der Waals surface area contributed by atoms with E-state index in [0.717, 1.165) is 21.0 Å². The van der Waals surface area contributed by atoms with Crippen LogP contribution in [0.2, 0.25) is 0 Å². The number of phosphoric acid groups is 2. The summed E-state index contributed by atoms with van der Waals surface area (Å²) in [5.74, 6) is -0.702. The highest BCUT2D eigenvalue weighted by Gasteiger charge is 2.49. The van der Waals surface area contributed by atoms with Gasteiger partial charge in [-0.25, -0.2) is 18.7 Å². The zero-order valence-electron chi connectivity index (χ0n) is 41.6. The molecule has 6 rings (SSSR count). The summed E-state index contributed by atoms with van der Waals surface area (Å²) in [7, 11) is -6.49. The minimum atomic E-state index is -5.26. The molecule has 1 fully saturated rings. The van der Waals surface area contributed by atoms with E-state index in [1.165, 1.54) is 12.3 Å². The number of aliphatic hydroxyl groups excluding tert-OH is 1. The van der Waals surface area contributed by atoms with Crippen LogP contribution in [0.3, 0.4) is 0 Å². The number of carbonyl (C=O) groups is 3. The smallest absolute Gasteiger partial charge is 0.470 e. The summed E-state index contributed by atoms with van der Waals surface area (Å²) in [5.41, 5.74) is 8.68. The Hall–Kier alpha value is -5.93. The summed E-state index contributed by atoms with van der Waals surface area (Å²) in [5, 5.41) is 28.0. The maximum Gasteiger partial charge on any atom is 0.470 e. The standard InChI is InChI=1S/C48H62N6O20P2/c1-29-6-9-34-37(23-29)72-38-26-32(53(2)3)8-11-35(38)42(34)36-24-30(7-10-33(36)47(58)59)25-41(56)51-14-16-68-18-20-70-22-21-69-19-17-67-15-12-40(55)50-13-4-5-31-27-54(48(60)52-45(31)49)46-43(57)44(74-76(64,65)66)39(73-46)28-71-75(61,62)63/h6-11,23-24,26-27,39,43-44,46,57H,1,4-5,12-22,25,28H2,2-3H3,(H,50,55)(H,51,56)(H,58,59)(H2,49,52,60)(H2,61,62,63)(H2,64,65,66)/t39-,43?,44?,46-/m1/s1. The lowest BCUT2D eigenvalue weighted by Crippen LogP contribution is -2.38. The number of carbonyl (C=O) groups excluding carboxylic acids is 2. The Morgan fingerprint density at radius 2 is 1.50 bits per heavy atom. The Morgan fingerprint density at radius 3 is 2.16 bits per heavy atom. The number of rotatable bonds is 30. The maximum absolute atomic E-state index is 13.0. The zero-order chi connectivity index (χ0) is 55.2. The van der Waals surface area contributed by atoms with Gasteiger partial charge in [0.05, 0.1) is 71.4 Å². The number of amides is 2. The van der Waals surface area contributed by atoms with Crippen molar-refractivity contribution in [2.45, 2.75) is 50.2 Å². The number of nitrogens with one attached hydrogen (secondary N) is 2. The normalized spacial score (nSPS) is 17.2. The molecule has 0 bridgehead atoms. The molecule has 0 spiro atoms. The van der Waals surface area contributed by atoms with Crippen LogP contribution in [-0.4, -0.2) is 162 Å². The first-order chi connectivity index (χ1) is 36.1. The van der Waals surface area contributed by atoms with Gasteiger partial charge in [0.1, 0.15) is 35.6 Å². The van der Waals surface area contributed by atoms with Crippen LogP contribution in [0.5, 0.6) is 11.5 Å². The fourth-order valence-electron chi connectivity index (χ4n) is 8.06. The van der Waals surface area contributed by atoms with Crippen LogP contribution in [0.1, 0.15) is 51.7 Å². The lowest BCUT2D eigenvalue weighted by Gasteiger charge is -2.24. The van der Waals surface area contributed by atoms with Gasteiger partial charge in [0.25, 0.3) is 0 Å². The molecule has 2 unspecified atom stereocenters. The predicted octanol–water partition coefficient (Wildman–Crippen LogP) is 0.0627. The number of nitrogen functional groups attached to an aromatic ring is 1. The van der Waals surface area contributed by atoms with Crippen molar-refractivity contribution in [3.8, 4) is 11.5 Å². The average molecular weight is 1100 g/mol. The summed E-state index contributed by atoms with van der Waals surface area (Å²) >= 11 is 0. The van der Waals surface area contributed by atoms with E-state index in [-0.39, 0.29) is 88.6 Å². The van der Waals surface area contributed by atoms with Crippen molar-refractivity contribution in [2.75, 3.05) is 97.3 Å². The number of aromatic carboxylic acids is 1. The number of nitrogens with zero attached hydrogens (tertiary/aromatic N) is 3. The van der Waals surface area contributed by atoms with E-state index in [1.807, 2.05) is 55.4 Å². The molecule has 0 saturated carbocycles. The Morgan fingerprint density at radius 1 is 0.829 bits per heavy atom. The largest absolute Gasteiger partial charge is 0.478 e. The number of hydrogen-bond acceptors (Lipinski definition) is 18. The van der Waals surface area contributed by atoms with E-state index in [0.29, 0.717) is 65.2 Å². The number of ether oxygens (including phenoxy) is 6. The maximum atomic E-state index is 13.0. The molecule has 2 aliphatic rings. The van der Waals surface area contributed by atoms with Gasteiger partial charge in [-0.2, -0.15) is 4.98 Å². The lowest BCUT2D eigenvalue weighted by molar-refractivity contribution is -0.122. The number of aryl methyl sites for hydroxylation is 1. The number of benzene rings is 3. The van der Waals surface area contributed by atoms with Crippen molar-refractivity contribution in [1.82, 2.24) is 20.2 Å². The number of carboxylic acids is 1. The van der Waals surface area contributed by atoms with Crippen molar-refractivity contribution in [3.63, 3.8) is 0 Å². The summed E-state index contributed by atoms with van der Waals surface area (Å²) in [6, 6.07) is 16.1. The van der Waals surface area contributed by atoms with Crippen LogP contribution in [0.15, 0.2) is 65.6 Å². The monoisotopic (exact) mass is 1100 g/mol. The Labute approximate surface area is 435 Å². The van der Waals surface area contributed by atoms with Gasteiger partial charge in [-0.05, 0) is 59.5 Å². The summed E-state index contributed by atoms with van der Waals surface area (Å²) in [6.45, 7) is 5.54. The molecule has 2 amide bonds. The molecule has 2 aliphatic heterocycles. The van der Waals surface area contributed by atoms with E-state index >= 15 is 0 Å². The molecule has 28 heteroatoms. The van der Waals surface area contributed by atoms with Gasteiger partial charge >= 0.3 is 27.3 Å². The van der Waals surface area contributed by atoms with Crippen molar-refractivity contribution >= 4 is 57.1 Å². The second kappa shape index (κ2) is 27.4. The van der Waals surface area contributed by atoms with E-state index < -0.39 is 58.5 Å². The molecular formula is C48H62N6O20P2. The molecule has 26 nitrogen and oxygen atoms in total. The lowest BCUT2D eigenvalue weighted by atomic mass is 9.88. The fraction of sp³-hybridized carbons (Fsp3) is 0.438. The highest BCUT2D eigenvalue weighted by Crippen LogP contribution is 2.45. The molecule has 3 aromatic carbocycles. The van der Waals surface area contributed by atoms with Crippen LogP contribution in [0, 0.1) is 0 Å². The second-order valence-electron chi connectivity index (χ2n) is 17.5. The van der Waals surface area contributed by atoms with Crippen LogP contribution in [0.4, 0.5) is 11.5 Å². The molecule has 76 heavy (non-hydrogen) atoms. The third-order valence-corrected chi connectivity index (χ3v) is 12.7. The number of aliphatic hydroxyl groups is 1. The number of anilines is 2. The van der Waals surface area contributed by atoms with Gasteiger partial charge in [0.15, 0.2) is 6.23 Å². The highest BCUT2D eigenvalue weighted by molar-refractivity contribution is 7.46. The fourth-order valence-corrected chi connectivity index (χ4v) is 8.98. The summed E-state index contributed by atoms with van der Waals surface area (Å²) in [4.78, 5) is 92.9. The molecule has 3 heterocycles. The van der Waals surface area contributed by atoms with E-state index in [2.05, 4.69) is 31.2 Å². The average Bonchev–Trinajstić information content (AvgIpc) is 3.71. The van der Waals surface area contributed by atoms with Crippen LogP contribution in [-0.2, 0) is 64.3 Å². The van der Waals surface area contributed by atoms with E-state index in [9.17, 15) is 48.3 Å². The number of hydrogen-bond donors (Lipinski definition) is 9. The van der Waals surface area contributed by atoms with Gasteiger partial charge in [0.2, 0.25) is 11.8 Å². The molecular weight excluding hydrogens is 1040 g/mol. The highest BCUT2D eigenvalue weighted by atomic mass is 31.2. The summed E-state index contributed by atoms with van der Waals surface area (Å²) in [6.07, 6.45) is -5.31. The van der Waals surface area contributed by atoms with Gasteiger partial charge in [-0.15, -0.1) is 0 Å².